The van der Waals surface area contributed by atoms with Crippen molar-refractivity contribution in [1.29, 1.82) is 0 Å². The summed E-state index contributed by atoms with van der Waals surface area (Å²) in [5.74, 6) is -1.26. The van der Waals surface area contributed by atoms with Crippen LogP contribution in [-0.4, -0.2) is 22.8 Å². The quantitative estimate of drug-likeness (QED) is 0.443. The maximum atomic E-state index is 13.3. The smallest absolute Gasteiger partial charge is 0.341 e. The third-order valence-electron chi connectivity index (χ3n) is 4.84. The summed E-state index contributed by atoms with van der Waals surface area (Å²) in [5.41, 5.74) is 0.621. The van der Waals surface area contributed by atoms with Crippen molar-refractivity contribution < 1.29 is 18.7 Å². The molecule has 1 heterocycles. The Balaban J connectivity index is 2.02. The summed E-state index contributed by atoms with van der Waals surface area (Å²) in [7, 11) is 0. The lowest BCUT2D eigenvalue weighted by molar-refractivity contribution is -0.120. The first-order valence-corrected chi connectivity index (χ1v) is 10.4. The molecule has 0 radical (unpaired) electrons. The van der Waals surface area contributed by atoms with Gasteiger partial charge in [-0.2, -0.15) is 0 Å². The average molecular weight is 444 g/mol. The lowest BCUT2D eigenvalue weighted by Crippen LogP contribution is -2.26. The summed E-state index contributed by atoms with van der Waals surface area (Å²) < 4.78 is 17.6. The van der Waals surface area contributed by atoms with Crippen LogP contribution in [0.4, 0.5) is 9.39 Å². The highest BCUT2D eigenvalue weighted by molar-refractivity contribution is 7.17. The lowest BCUT2D eigenvalue weighted by Gasteiger charge is -2.13. The summed E-state index contributed by atoms with van der Waals surface area (Å²) in [6, 6.07) is 5.84. The Hall–Kier alpha value is -1.63. The van der Waals surface area contributed by atoms with E-state index in [9.17, 15) is 14.0 Å². The molecule has 28 heavy (non-hydrogen) atoms. The molecule has 1 aromatic carbocycles. The Morgan fingerprint density at radius 2 is 1.89 bits per heavy atom. The summed E-state index contributed by atoms with van der Waals surface area (Å²) in [6.07, 6.45) is 1.00. The molecule has 4 nitrogen and oxygen atoms in total. The van der Waals surface area contributed by atoms with Crippen molar-refractivity contribution in [3.8, 4) is 11.1 Å². The third kappa shape index (κ3) is 3.78. The van der Waals surface area contributed by atoms with Gasteiger partial charge in [0.05, 0.1) is 12.0 Å². The molecule has 2 aromatic rings. The molecule has 0 spiro atoms. The number of halogens is 3. The predicted molar refractivity (Wildman–Crippen MR) is 111 cm³/mol. The molecule has 1 aromatic heterocycles. The number of nitrogens with one attached hydrogen (secondary N) is 1. The first-order chi connectivity index (χ1) is 13.1. The number of hydrogen-bond acceptors (Lipinski definition) is 4. The van der Waals surface area contributed by atoms with E-state index in [0.29, 0.717) is 29.0 Å². The SMILES string of the molecule is CCCOC(=O)c1c(NC(=O)[C@@]2(C)CC2(Cl)Cl)sc(C)c1-c1ccc(F)cc1. The van der Waals surface area contributed by atoms with Crippen LogP contribution < -0.4 is 5.32 Å². The molecule has 0 saturated heterocycles. The van der Waals surface area contributed by atoms with Crippen molar-refractivity contribution >= 4 is 51.4 Å². The summed E-state index contributed by atoms with van der Waals surface area (Å²) in [5, 5.41) is 3.18. The number of alkyl halides is 2. The van der Waals surface area contributed by atoms with E-state index in [-0.39, 0.29) is 23.9 Å². The molecule has 150 valence electrons. The average Bonchev–Trinajstić information content (AvgIpc) is 2.99. The minimum absolute atomic E-state index is 0.258. The first kappa shape index (κ1) is 21.1. The van der Waals surface area contributed by atoms with Gasteiger partial charge in [-0.25, -0.2) is 9.18 Å². The number of esters is 1. The van der Waals surface area contributed by atoms with E-state index < -0.39 is 15.7 Å². The first-order valence-electron chi connectivity index (χ1n) is 8.86. The Labute approximate surface area is 177 Å². The number of anilines is 1. The highest BCUT2D eigenvalue weighted by Gasteiger charge is 2.68. The van der Waals surface area contributed by atoms with Crippen molar-refractivity contribution in [3.05, 3.63) is 40.5 Å². The third-order valence-corrected chi connectivity index (χ3v) is 6.97. The maximum Gasteiger partial charge on any atom is 0.341 e. The number of carbonyl (C=O) groups excluding carboxylic acids is 2. The van der Waals surface area contributed by atoms with Gasteiger partial charge in [-0.05, 0) is 44.4 Å². The Kier molecular flexibility index (Phi) is 5.76. The molecule has 0 aliphatic heterocycles. The van der Waals surface area contributed by atoms with Gasteiger partial charge in [0.1, 0.15) is 20.7 Å². The molecule has 8 heteroatoms. The Morgan fingerprint density at radius 3 is 2.43 bits per heavy atom. The number of benzene rings is 1. The van der Waals surface area contributed by atoms with E-state index in [4.69, 9.17) is 27.9 Å². The van der Waals surface area contributed by atoms with Gasteiger partial charge in [0.25, 0.3) is 0 Å². The lowest BCUT2D eigenvalue weighted by atomic mass is 10.0. The molecule has 1 N–H and O–H groups in total. The molecular formula is C20H20Cl2FNO3S. The van der Waals surface area contributed by atoms with Crippen molar-refractivity contribution in [1.82, 2.24) is 0 Å². The van der Waals surface area contributed by atoms with Crippen LogP contribution in [0, 0.1) is 18.2 Å². The summed E-state index contributed by atoms with van der Waals surface area (Å²) in [6.45, 7) is 5.67. The van der Waals surface area contributed by atoms with Gasteiger partial charge >= 0.3 is 5.97 Å². The van der Waals surface area contributed by atoms with E-state index in [0.717, 1.165) is 4.88 Å². The fourth-order valence-electron chi connectivity index (χ4n) is 2.95. The number of carbonyl (C=O) groups is 2. The zero-order valence-corrected chi connectivity index (χ0v) is 18.0. The van der Waals surface area contributed by atoms with Crippen LogP contribution >= 0.6 is 34.5 Å². The van der Waals surface area contributed by atoms with E-state index in [1.165, 1.54) is 23.5 Å². The molecule has 3 rings (SSSR count). The van der Waals surface area contributed by atoms with Crippen molar-refractivity contribution in [2.24, 2.45) is 5.41 Å². The molecule has 0 unspecified atom stereocenters. The van der Waals surface area contributed by atoms with Crippen LogP contribution in [0.1, 0.15) is 41.9 Å². The second-order valence-electron chi connectivity index (χ2n) is 7.05. The topological polar surface area (TPSA) is 55.4 Å². The van der Waals surface area contributed by atoms with Crippen LogP contribution in [0.15, 0.2) is 24.3 Å². The summed E-state index contributed by atoms with van der Waals surface area (Å²) >= 11 is 13.5. The van der Waals surface area contributed by atoms with Crippen molar-refractivity contribution in [3.63, 3.8) is 0 Å². The van der Waals surface area contributed by atoms with Crippen LogP contribution in [0.5, 0.6) is 0 Å². The van der Waals surface area contributed by atoms with Gasteiger partial charge in [-0.15, -0.1) is 34.5 Å². The maximum absolute atomic E-state index is 13.3. The second-order valence-corrected chi connectivity index (χ2v) is 9.76. The minimum Gasteiger partial charge on any atom is -0.462 e. The molecule has 1 fully saturated rings. The van der Waals surface area contributed by atoms with E-state index >= 15 is 0 Å². The predicted octanol–water partition coefficient (Wildman–Crippen LogP) is 5.95. The number of ether oxygens (including phenoxy) is 1. The number of hydrogen-bond donors (Lipinski definition) is 1. The number of rotatable bonds is 6. The van der Waals surface area contributed by atoms with Gasteiger partial charge < -0.3 is 10.1 Å². The van der Waals surface area contributed by atoms with Crippen LogP contribution in [-0.2, 0) is 9.53 Å². The highest BCUT2D eigenvalue weighted by atomic mass is 35.5. The number of amides is 1. The van der Waals surface area contributed by atoms with E-state index in [1.807, 2.05) is 13.8 Å². The largest absolute Gasteiger partial charge is 0.462 e. The zero-order valence-electron chi connectivity index (χ0n) is 15.7. The molecular weight excluding hydrogens is 424 g/mol. The highest BCUT2D eigenvalue weighted by Crippen LogP contribution is 2.64. The van der Waals surface area contributed by atoms with Crippen LogP contribution in [0.3, 0.4) is 0 Å². The Morgan fingerprint density at radius 1 is 1.29 bits per heavy atom. The van der Waals surface area contributed by atoms with Gasteiger partial charge in [-0.1, -0.05) is 19.1 Å². The molecule has 1 aliphatic carbocycles. The van der Waals surface area contributed by atoms with E-state index in [2.05, 4.69) is 5.32 Å². The molecule has 1 aliphatic rings. The van der Waals surface area contributed by atoms with Crippen LogP contribution in [0.25, 0.3) is 11.1 Å². The second kappa shape index (κ2) is 7.65. The van der Waals surface area contributed by atoms with Gasteiger partial charge in [-0.3, -0.25) is 4.79 Å². The standard InChI is InChI=1S/C20H20Cl2FNO3S/c1-4-9-27-17(25)15-14(12-5-7-13(23)8-6-12)11(2)28-16(15)24-18(26)19(3)10-20(19,21)22/h5-8H,4,9-10H2,1-3H3,(H,24,26)/t19-/m1/s1. The van der Waals surface area contributed by atoms with Crippen LogP contribution in [0.2, 0.25) is 0 Å². The summed E-state index contributed by atoms with van der Waals surface area (Å²) in [4.78, 5) is 26.3. The van der Waals surface area contributed by atoms with Gasteiger partial charge in [0.15, 0.2) is 0 Å². The van der Waals surface area contributed by atoms with Gasteiger partial charge in [0.2, 0.25) is 5.91 Å². The Bertz CT molecular complexity index is 926. The normalized spacial score (nSPS) is 19.9. The molecule has 0 bridgehead atoms. The van der Waals surface area contributed by atoms with Crippen molar-refractivity contribution in [2.45, 2.75) is 37.9 Å². The van der Waals surface area contributed by atoms with Gasteiger partial charge in [0, 0.05) is 10.4 Å². The number of thiophene rings is 1. The fraction of sp³-hybridized carbons (Fsp3) is 0.400. The monoisotopic (exact) mass is 443 g/mol. The molecule has 1 atom stereocenters. The zero-order chi connectivity index (χ0) is 20.7. The van der Waals surface area contributed by atoms with E-state index in [1.54, 1.807) is 19.1 Å². The molecule has 1 amide bonds. The molecule has 1 saturated carbocycles. The fourth-order valence-corrected chi connectivity index (χ4v) is 4.71. The number of aryl methyl sites for hydroxylation is 1. The van der Waals surface area contributed by atoms with Crippen molar-refractivity contribution in [2.75, 3.05) is 11.9 Å². The minimum atomic E-state index is -1.12.